The zero-order valence-electron chi connectivity index (χ0n) is 11.1. The Labute approximate surface area is 119 Å². The molecule has 0 atom stereocenters. The molecule has 1 aromatic carbocycles. The summed E-state index contributed by atoms with van der Waals surface area (Å²) in [5, 5.41) is 1.59. The second-order valence-corrected chi connectivity index (χ2v) is 4.90. The fraction of sp³-hybridized carbons (Fsp3) is 0.357. The van der Waals surface area contributed by atoms with E-state index in [9.17, 15) is 4.79 Å². The molecule has 0 aliphatic rings. The molecule has 2 rings (SSSR count). The van der Waals surface area contributed by atoms with Crippen LogP contribution in [0.1, 0.15) is 11.1 Å². The predicted molar refractivity (Wildman–Crippen MR) is 77.8 cm³/mol. The molecule has 0 spiro atoms. The number of ether oxygens (including phenoxy) is 2. The Bertz CT molecular complexity index is 661. The third-order valence-electron chi connectivity index (χ3n) is 3.14. The molecule has 0 N–H and O–H groups in total. The molecular formula is C14H15BrO4. The third kappa shape index (κ3) is 2.34. The molecule has 19 heavy (non-hydrogen) atoms. The summed E-state index contributed by atoms with van der Waals surface area (Å²) in [5.74, 6) is 0.997. The van der Waals surface area contributed by atoms with Crippen LogP contribution >= 0.6 is 15.9 Å². The quantitative estimate of drug-likeness (QED) is 0.640. The van der Waals surface area contributed by atoms with Crippen LogP contribution in [0.3, 0.4) is 0 Å². The molecule has 0 unspecified atom stereocenters. The van der Waals surface area contributed by atoms with E-state index in [-0.39, 0.29) is 5.63 Å². The minimum Gasteiger partial charge on any atom is -0.493 e. The molecule has 0 saturated heterocycles. The third-order valence-corrected chi connectivity index (χ3v) is 3.54. The summed E-state index contributed by atoms with van der Waals surface area (Å²) in [6, 6.07) is 3.69. The van der Waals surface area contributed by atoms with Crippen LogP contribution in [0.15, 0.2) is 21.3 Å². The van der Waals surface area contributed by atoms with Crippen molar-refractivity contribution < 1.29 is 13.9 Å². The largest absolute Gasteiger partial charge is 0.493 e. The Morgan fingerprint density at radius 2 is 2.00 bits per heavy atom. The molecule has 0 saturated carbocycles. The van der Waals surface area contributed by atoms with Crippen LogP contribution < -0.4 is 15.1 Å². The Hall–Kier alpha value is -1.49. The minimum absolute atomic E-state index is 0.323. The molecule has 0 aliphatic carbocycles. The number of methoxy groups -OCH3 is 2. The van der Waals surface area contributed by atoms with E-state index in [0.29, 0.717) is 29.1 Å². The fourth-order valence-corrected chi connectivity index (χ4v) is 2.55. The van der Waals surface area contributed by atoms with Crippen molar-refractivity contribution in [3.63, 3.8) is 0 Å². The van der Waals surface area contributed by atoms with Gasteiger partial charge in [-0.3, -0.25) is 0 Å². The predicted octanol–water partition coefficient (Wildman–Crippen LogP) is 3.06. The molecule has 0 bridgehead atoms. The zero-order chi connectivity index (χ0) is 14.0. The lowest BCUT2D eigenvalue weighted by molar-refractivity contribution is 0.351. The SMILES string of the molecule is COc1ccc2c(C)c(CCBr)c(=O)oc2c1OC. The second kappa shape index (κ2) is 5.65. The molecule has 2 aromatic rings. The second-order valence-electron chi connectivity index (χ2n) is 4.11. The van der Waals surface area contributed by atoms with Crippen LogP contribution in [-0.4, -0.2) is 19.5 Å². The average molecular weight is 327 g/mol. The summed E-state index contributed by atoms with van der Waals surface area (Å²) in [6.45, 7) is 1.92. The topological polar surface area (TPSA) is 48.7 Å². The van der Waals surface area contributed by atoms with Gasteiger partial charge in [0.05, 0.1) is 14.2 Å². The van der Waals surface area contributed by atoms with E-state index in [2.05, 4.69) is 15.9 Å². The van der Waals surface area contributed by atoms with Crippen molar-refractivity contribution in [1.82, 2.24) is 0 Å². The molecular weight excluding hydrogens is 312 g/mol. The molecule has 5 heteroatoms. The van der Waals surface area contributed by atoms with Gasteiger partial charge in [0.1, 0.15) is 0 Å². The average Bonchev–Trinajstić information content (AvgIpc) is 2.42. The number of rotatable bonds is 4. The highest BCUT2D eigenvalue weighted by Gasteiger charge is 2.17. The summed E-state index contributed by atoms with van der Waals surface area (Å²) < 4.78 is 15.9. The highest BCUT2D eigenvalue weighted by atomic mass is 79.9. The maximum absolute atomic E-state index is 12.0. The van der Waals surface area contributed by atoms with Crippen molar-refractivity contribution in [2.75, 3.05) is 19.5 Å². The van der Waals surface area contributed by atoms with Crippen LogP contribution in [0.4, 0.5) is 0 Å². The summed E-state index contributed by atoms with van der Waals surface area (Å²) in [7, 11) is 3.08. The smallest absolute Gasteiger partial charge is 0.339 e. The van der Waals surface area contributed by atoms with Gasteiger partial charge in [0.25, 0.3) is 0 Å². The van der Waals surface area contributed by atoms with Gasteiger partial charge in [-0.15, -0.1) is 0 Å². The van der Waals surface area contributed by atoms with Crippen LogP contribution in [0.5, 0.6) is 11.5 Å². The number of fused-ring (bicyclic) bond motifs is 1. The molecule has 0 radical (unpaired) electrons. The first-order chi connectivity index (χ1) is 9.13. The standard InChI is InChI=1S/C14H15BrO4/c1-8-9-4-5-11(17-2)13(18-3)12(9)19-14(16)10(8)6-7-15/h4-5H,6-7H2,1-3H3. The van der Waals surface area contributed by atoms with Crippen molar-refractivity contribution in [2.24, 2.45) is 0 Å². The highest BCUT2D eigenvalue weighted by Crippen LogP contribution is 2.36. The summed E-state index contributed by atoms with van der Waals surface area (Å²) >= 11 is 3.34. The van der Waals surface area contributed by atoms with Crippen LogP contribution in [-0.2, 0) is 6.42 Å². The Morgan fingerprint density at radius 3 is 2.58 bits per heavy atom. The maximum Gasteiger partial charge on any atom is 0.339 e. The van der Waals surface area contributed by atoms with Crippen molar-refractivity contribution >= 4 is 26.9 Å². The van der Waals surface area contributed by atoms with Gasteiger partial charge in [-0.25, -0.2) is 4.79 Å². The van der Waals surface area contributed by atoms with E-state index in [1.165, 1.54) is 7.11 Å². The van der Waals surface area contributed by atoms with Gasteiger partial charge in [-0.2, -0.15) is 0 Å². The highest BCUT2D eigenvalue weighted by molar-refractivity contribution is 9.09. The van der Waals surface area contributed by atoms with E-state index in [1.54, 1.807) is 7.11 Å². The van der Waals surface area contributed by atoms with Crippen molar-refractivity contribution in [3.8, 4) is 11.5 Å². The summed E-state index contributed by atoms with van der Waals surface area (Å²) in [4.78, 5) is 12.0. The van der Waals surface area contributed by atoms with Crippen LogP contribution in [0.2, 0.25) is 0 Å². The van der Waals surface area contributed by atoms with Crippen molar-refractivity contribution in [3.05, 3.63) is 33.7 Å². The lowest BCUT2D eigenvalue weighted by Gasteiger charge is -2.12. The minimum atomic E-state index is -0.323. The van der Waals surface area contributed by atoms with Crippen LogP contribution in [0, 0.1) is 6.92 Å². The Kier molecular flexibility index (Phi) is 4.14. The summed E-state index contributed by atoms with van der Waals surface area (Å²) in [6.07, 6.45) is 0.637. The maximum atomic E-state index is 12.0. The first-order valence-corrected chi connectivity index (χ1v) is 6.99. The molecule has 0 fully saturated rings. The summed E-state index contributed by atoms with van der Waals surface area (Å²) in [5.41, 5.74) is 1.72. The van der Waals surface area contributed by atoms with E-state index in [4.69, 9.17) is 13.9 Å². The first-order valence-electron chi connectivity index (χ1n) is 5.87. The van der Waals surface area contributed by atoms with Crippen molar-refractivity contribution in [1.29, 1.82) is 0 Å². The monoisotopic (exact) mass is 326 g/mol. The van der Waals surface area contributed by atoms with Gasteiger partial charge < -0.3 is 13.9 Å². The van der Waals surface area contributed by atoms with Gasteiger partial charge in [-0.1, -0.05) is 15.9 Å². The van der Waals surface area contributed by atoms with E-state index < -0.39 is 0 Å². The molecule has 1 aromatic heterocycles. The van der Waals surface area contributed by atoms with Crippen LogP contribution in [0.25, 0.3) is 11.0 Å². The molecule has 0 amide bonds. The lowest BCUT2D eigenvalue weighted by Crippen LogP contribution is -2.11. The van der Waals surface area contributed by atoms with Gasteiger partial charge in [0.2, 0.25) is 5.75 Å². The van der Waals surface area contributed by atoms with Gasteiger partial charge in [-0.05, 0) is 31.0 Å². The van der Waals surface area contributed by atoms with Gasteiger partial charge in [0, 0.05) is 16.3 Å². The Balaban J connectivity index is 2.83. The normalized spacial score (nSPS) is 10.7. The van der Waals surface area contributed by atoms with E-state index >= 15 is 0 Å². The molecule has 102 valence electrons. The zero-order valence-corrected chi connectivity index (χ0v) is 12.7. The lowest BCUT2D eigenvalue weighted by atomic mass is 10.0. The van der Waals surface area contributed by atoms with E-state index in [0.717, 1.165) is 16.3 Å². The molecule has 4 nitrogen and oxygen atoms in total. The number of hydrogen-bond acceptors (Lipinski definition) is 4. The first kappa shape index (κ1) is 13.9. The van der Waals surface area contributed by atoms with Gasteiger partial charge in [0.15, 0.2) is 11.3 Å². The van der Waals surface area contributed by atoms with Gasteiger partial charge >= 0.3 is 5.63 Å². The number of alkyl halides is 1. The molecule has 0 aliphatic heterocycles. The number of hydrogen-bond donors (Lipinski definition) is 0. The van der Waals surface area contributed by atoms with E-state index in [1.807, 2.05) is 19.1 Å². The molecule has 1 heterocycles. The number of benzene rings is 1. The number of halogens is 1. The van der Waals surface area contributed by atoms with Crippen molar-refractivity contribution in [2.45, 2.75) is 13.3 Å². The Morgan fingerprint density at radius 1 is 1.26 bits per heavy atom. The fourth-order valence-electron chi connectivity index (χ4n) is 2.15. The number of aryl methyl sites for hydroxylation is 1.